The molecule has 1 saturated heterocycles. The van der Waals surface area contributed by atoms with Crippen molar-refractivity contribution in [2.75, 3.05) is 56.3 Å². The fraction of sp³-hybridized carbons (Fsp3) is 0.889. The zero-order valence-corrected chi connectivity index (χ0v) is 17.9. The number of esters is 1. The van der Waals surface area contributed by atoms with E-state index in [1.54, 1.807) is 7.05 Å². The van der Waals surface area contributed by atoms with E-state index in [1.165, 1.54) is 54.5 Å². The van der Waals surface area contributed by atoms with Crippen molar-refractivity contribution in [2.24, 2.45) is 0 Å². The summed E-state index contributed by atoms with van der Waals surface area (Å²) in [6.45, 7) is 1.65. The second kappa shape index (κ2) is 11.0. The molecular formula is C18H33NO9. The Bertz CT molecular complexity index is 517. The van der Waals surface area contributed by atoms with E-state index < -0.39 is 42.2 Å². The fourth-order valence-corrected chi connectivity index (χ4v) is 3.56. The maximum absolute atomic E-state index is 12.5. The maximum Gasteiger partial charge on any atom is 0.366 e. The first-order valence-corrected chi connectivity index (χ1v) is 8.88. The van der Waals surface area contributed by atoms with E-state index in [-0.39, 0.29) is 18.9 Å². The molecule has 1 fully saturated rings. The van der Waals surface area contributed by atoms with Gasteiger partial charge in [-0.2, -0.15) is 0 Å². The summed E-state index contributed by atoms with van der Waals surface area (Å²) in [4.78, 5) is 26.2. The van der Waals surface area contributed by atoms with Gasteiger partial charge in [-0.25, -0.2) is 4.79 Å². The molecule has 0 spiro atoms. The van der Waals surface area contributed by atoms with Crippen LogP contribution in [0, 0.1) is 0 Å². The molecule has 0 aromatic heterocycles. The van der Waals surface area contributed by atoms with Gasteiger partial charge < -0.3 is 38.1 Å². The van der Waals surface area contributed by atoms with Crippen molar-refractivity contribution in [3.63, 3.8) is 0 Å². The Balaban J connectivity index is 3.48. The van der Waals surface area contributed by atoms with E-state index in [4.69, 9.17) is 33.2 Å². The molecule has 0 radical (unpaired) electrons. The second-order valence-electron chi connectivity index (χ2n) is 6.56. The van der Waals surface area contributed by atoms with Crippen LogP contribution < -0.4 is 0 Å². The number of carbonyl (C=O) groups is 2. The topological polar surface area (TPSA) is 102 Å². The number of hydrogen-bond acceptors (Lipinski definition) is 9. The highest BCUT2D eigenvalue weighted by atomic mass is 16.7. The number of likely N-dealkylation sites (N-methyl/N-ethyl adjacent to an activating group) is 1. The second-order valence-corrected chi connectivity index (χ2v) is 6.56. The van der Waals surface area contributed by atoms with Gasteiger partial charge in [-0.1, -0.05) is 0 Å². The molecule has 0 bridgehead atoms. The zero-order chi connectivity index (χ0) is 21.5. The highest BCUT2D eigenvalue weighted by molar-refractivity contribution is 5.78. The molecule has 0 saturated carbocycles. The molecule has 0 aromatic rings. The van der Waals surface area contributed by atoms with Crippen molar-refractivity contribution in [2.45, 2.75) is 49.6 Å². The predicted molar refractivity (Wildman–Crippen MR) is 97.7 cm³/mol. The van der Waals surface area contributed by atoms with E-state index in [9.17, 15) is 9.59 Å². The molecule has 0 N–H and O–H groups in total. The Morgan fingerprint density at radius 3 is 2.18 bits per heavy atom. The predicted octanol–water partition coefficient (Wildman–Crippen LogP) is -0.171. The van der Waals surface area contributed by atoms with Gasteiger partial charge in [-0.3, -0.25) is 4.79 Å². The van der Waals surface area contributed by atoms with Gasteiger partial charge in [-0.05, 0) is 0 Å². The minimum absolute atomic E-state index is 0.0316. The van der Waals surface area contributed by atoms with Gasteiger partial charge in [0.2, 0.25) is 5.91 Å². The quantitative estimate of drug-likeness (QED) is 0.457. The summed E-state index contributed by atoms with van der Waals surface area (Å²) < 4.78 is 38.5. The number of rotatable bonds is 10. The van der Waals surface area contributed by atoms with Crippen LogP contribution in [-0.2, 0) is 42.7 Å². The molecule has 1 amide bonds. The molecule has 1 heterocycles. The van der Waals surface area contributed by atoms with Crippen LogP contribution in [0.25, 0.3) is 0 Å². The third-order valence-electron chi connectivity index (χ3n) is 5.18. The minimum Gasteiger partial charge on any atom is -0.465 e. The number of amides is 1. The summed E-state index contributed by atoms with van der Waals surface area (Å²) >= 11 is 0. The van der Waals surface area contributed by atoms with Crippen molar-refractivity contribution in [3.8, 4) is 0 Å². The zero-order valence-electron chi connectivity index (χ0n) is 17.9. The van der Waals surface area contributed by atoms with Crippen molar-refractivity contribution in [1.29, 1.82) is 0 Å². The summed E-state index contributed by atoms with van der Waals surface area (Å²) in [5.74, 6) is -2.61. The van der Waals surface area contributed by atoms with Gasteiger partial charge in [0.25, 0.3) is 5.79 Å². The van der Waals surface area contributed by atoms with Crippen LogP contribution in [-0.4, -0.2) is 109 Å². The lowest BCUT2D eigenvalue weighted by atomic mass is 9.87. The number of nitrogens with zero attached hydrogens (tertiary/aromatic N) is 1. The van der Waals surface area contributed by atoms with Crippen molar-refractivity contribution in [1.82, 2.24) is 4.90 Å². The van der Waals surface area contributed by atoms with Crippen LogP contribution in [0.4, 0.5) is 0 Å². The maximum atomic E-state index is 12.5. The summed E-state index contributed by atoms with van der Waals surface area (Å²) in [7, 11) is 10.3. The Labute approximate surface area is 166 Å². The Morgan fingerprint density at radius 2 is 1.79 bits per heavy atom. The van der Waals surface area contributed by atoms with Crippen LogP contribution in [0.1, 0.15) is 13.3 Å². The van der Waals surface area contributed by atoms with Gasteiger partial charge >= 0.3 is 5.97 Å². The largest absolute Gasteiger partial charge is 0.465 e. The van der Waals surface area contributed by atoms with Gasteiger partial charge in [0.05, 0.1) is 25.9 Å². The van der Waals surface area contributed by atoms with Crippen LogP contribution in [0.15, 0.2) is 0 Å². The standard InChI is InChI=1S/C18H33NO9/c1-11(20)19(2)14-12(23-4)9-18(27-8,17(21)26-7)28-16(14)15(25-6)13(24-5)10-22-3/h12-16H,9-10H2,1-8H3/t12-,13+,14+,15-,16+,18?/m0/s1. The molecule has 1 aliphatic heterocycles. The molecule has 6 atom stereocenters. The molecule has 10 heteroatoms. The lowest BCUT2D eigenvalue weighted by Crippen LogP contribution is -2.68. The highest BCUT2D eigenvalue weighted by Crippen LogP contribution is 2.37. The van der Waals surface area contributed by atoms with Crippen molar-refractivity contribution < 1.29 is 42.7 Å². The number of methoxy groups -OCH3 is 6. The van der Waals surface area contributed by atoms with Crippen molar-refractivity contribution >= 4 is 11.9 Å². The van der Waals surface area contributed by atoms with Crippen LogP contribution >= 0.6 is 0 Å². The third kappa shape index (κ3) is 5.00. The fourth-order valence-electron chi connectivity index (χ4n) is 3.56. The smallest absolute Gasteiger partial charge is 0.366 e. The highest BCUT2D eigenvalue weighted by Gasteiger charge is 2.57. The van der Waals surface area contributed by atoms with Crippen LogP contribution in [0.5, 0.6) is 0 Å². The average molecular weight is 407 g/mol. The molecule has 28 heavy (non-hydrogen) atoms. The van der Waals surface area contributed by atoms with Gasteiger partial charge in [0.15, 0.2) is 0 Å². The molecule has 1 aliphatic rings. The molecule has 164 valence electrons. The Morgan fingerprint density at radius 1 is 1.14 bits per heavy atom. The van der Waals surface area contributed by atoms with Crippen LogP contribution in [0.2, 0.25) is 0 Å². The minimum atomic E-state index is -1.71. The average Bonchev–Trinajstić information content (AvgIpc) is 2.71. The number of ether oxygens (including phenoxy) is 7. The first-order chi connectivity index (χ1) is 13.3. The molecular weight excluding hydrogens is 374 g/mol. The molecule has 10 nitrogen and oxygen atoms in total. The lowest BCUT2D eigenvalue weighted by molar-refractivity contribution is -0.316. The van der Waals surface area contributed by atoms with Gasteiger partial charge in [0.1, 0.15) is 18.3 Å². The number of hydrogen-bond donors (Lipinski definition) is 0. The SMILES string of the molecule is COC[C@@H](OC)[C@H](OC)[C@@H]1OC(OC)(C(=O)OC)C[C@H](OC)[C@H]1N(C)C(C)=O. The van der Waals surface area contributed by atoms with E-state index in [2.05, 4.69) is 0 Å². The summed E-state index contributed by atoms with van der Waals surface area (Å²) in [5.41, 5.74) is 0. The van der Waals surface area contributed by atoms with E-state index in [0.29, 0.717) is 0 Å². The molecule has 1 unspecified atom stereocenters. The molecule has 0 aliphatic carbocycles. The lowest BCUT2D eigenvalue weighted by Gasteiger charge is -2.50. The summed E-state index contributed by atoms with van der Waals surface area (Å²) in [5, 5.41) is 0. The molecule has 0 aromatic carbocycles. The summed E-state index contributed by atoms with van der Waals surface area (Å²) in [6, 6.07) is -0.574. The van der Waals surface area contributed by atoms with Crippen molar-refractivity contribution in [3.05, 3.63) is 0 Å². The van der Waals surface area contributed by atoms with E-state index >= 15 is 0 Å². The Hall–Kier alpha value is -1.30. The van der Waals surface area contributed by atoms with Gasteiger partial charge in [-0.15, -0.1) is 0 Å². The van der Waals surface area contributed by atoms with Crippen LogP contribution in [0.3, 0.4) is 0 Å². The first-order valence-electron chi connectivity index (χ1n) is 8.88. The van der Waals surface area contributed by atoms with Gasteiger partial charge in [0, 0.05) is 55.9 Å². The van der Waals surface area contributed by atoms with E-state index in [0.717, 1.165) is 0 Å². The Kier molecular flexibility index (Phi) is 9.75. The third-order valence-corrected chi connectivity index (χ3v) is 5.18. The first kappa shape index (κ1) is 24.7. The van der Waals surface area contributed by atoms with E-state index in [1.807, 2.05) is 0 Å². The monoisotopic (exact) mass is 407 g/mol. The summed E-state index contributed by atoms with van der Waals surface area (Å²) in [6.07, 6.45) is -2.63. The number of carbonyl (C=O) groups excluding carboxylic acids is 2. The molecule has 1 rings (SSSR count). The normalized spacial score (nSPS) is 29.8.